The van der Waals surface area contributed by atoms with E-state index in [-0.39, 0.29) is 28.0 Å². The van der Waals surface area contributed by atoms with Crippen LogP contribution < -0.4 is 9.46 Å². The molecule has 7 nitrogen and oxygen atoms in total. The molecule has 0 spiro atoms. The van der Waals surface area contributed by atoms with Gasteiger partial charge in [0.05, 0.1) is 12.7 Å². The average molecular weight is 335 g/mol. The van der Waals surface area contributed by atoms with E-state index >= 15 is 0 Å². The van der Waals surface area contributed by atoms with Gasteiger partial charge in [-0.1, -0.05) is 0 Å². The van der Waals surface area contributed by atoms with Gasteiger partial charge >= 0.3 is 5.97 Å². The van der Waals surface area contributed by atoms with Crippen LogP contribution in [0.2, 0.25) is 0 Å². The van der Waals surface area contributed by atoms with E-state index in [2.05, 4.69) is 4.72 Å². The number of methoxy groups -OCH3 is 1. The van der Waals surface area contributed by atoms with E-state index in [1.54, 1.807) is 6.92 Å². The molecule has 9 heteroatoms. The second-order valence-electron chi connectivity index (χ2n) is 4.33. The molecule has 2 N–H and O–H groups in total. The van der Waals surface area contributed by atoms with Crippen LogP contribution in [-0.2, 0) is 20.8 Å². The number of carbonyl (C=O) groups is 1. The Hall–Kier alpha value is -1.45. The van der Waals surface area contributed by atoms with E-state index in [4.69, 9.17) is 9.84 Å². The molecule has 0 heterocycles. The Morgan fingerprint density at radius 2 is 2.10 bits per heavy atom. The number of hydrogen-bond donors (Lipinski definition) is 2. The number of benzene rings is 1. The van der Waals surface area contributed by atoms with Gasteiger partial charge in [-0.3, -0.25) is 4.21 Å². The number of hydrogen-bond acceptors (Lipinski definition) is 5. The second-order valence-corrected chi connectivity index (χ2v) is 7.87. The molecule has 0 aliphatic rings. The SMILES string of the molecule is COc1cc(C(=O)O)ccc1S(=O)(=O)NCC(C)S(C)=O. The molecule has 0 aromatic heterocycles. The maximum absolute atomic E-state index is 12.2. The zero-order valence-corrected chi connectivity index (χ0v) is 13.5. The molecule has 2 unspecified atom stereocenters. The molecule has 1 aromatic rings. The minimum atomic E-state index is -3.88. The summed E-state index contributed by atoms with van der Waals surface area (Å²) >= 11 is 0. The van der Waals surface area contributed by atoms with E-state index in [1.165, 1.54) is 19.4 Å². The lowest BCUT2D eigenvalue weighted by molar-refractivity contribution is 0.0696. The number of carboxylic acid groups (broad SMARTS) is 1. The lowest BCUT2D eigenvalue weighted by Gasteiger charge is -2.13. The molecule has 1 rings (SSSR count). The zero-order chi connectivity index (χ0) is 16.2. The van der Waals surface area contributed by atoms with Crippen LogP contribution in [0.3, 0.4) is 0 Å². The Labute approximate surface area is 125 Å². The van der Waals surface area contributed by atoms with E-state index in [0.717, 1.165) is 12.1 Å². The Kier molecular flexibility index (Phi) is 5.87. The summed E-state index contributed by atoms with van der Waals surface area (Å²) in [5.41, 5.74) is -0.0752. The summed E-state index contributed by atoms with van der Waals surface area (Å²) in [6.45, 7) is 1.67. The predicted octanol–water partition coefficient (Wildman–Crippen LogP) is 0.439. The van der Waals surface area contributed by atoms with Crippen LogP contribution in [0.25, 0.3) is 0 Å². The maximum Gasteiger partial charge on any atom is 0.335 e. The second kappa shape index (κ2) is 7.01. The van der Waals surface area contributed by atoms with Gasteiger partial charge in [0.25, 0.3) is 0 Å². The van der Waals surface area contributed by atoms with Crippen LogP contribution in [0, 0.1) is 0 Å². The van der Waals surface area contributed by atoms with Crippen molar-refractivity contribution < 1.29 is 27.3 Å². The maximum atomic E-state index is 12.2. The summed E-state index contributed by atoms with van der Waals surface area (Å²) in [6.07, 6.45) is 1.49. The summed E-state index contributed by atoms with van der Waals surface area (Å²) < 4.78 is 42.9. The van der Waals surface area contributed by atoms with Crippen LogP contribution in [0.5, 0.6) is 5.75 Å². The highest BCUT2D eigenvalue weighted by Gasteiger charge is 2.22. The highest BCUT2D eigenvalue weighted by Crippen LogP contribution is 2.25. The topological polar surface area (TPSA) is 110 Å². The molecular formula is C12H17NO6S2. The lowest BCUT2D eigenvalue weighted by Crippen LogP contribution is -2.32. The molecule has 0 aliphatic heterocycles. The van der Waals surface area contributed by atoms with Gasteiger partial charge in [0.1, 0.15) is 10.6 Å². The lowest BCUT2D eigenvalue weighted by atomic mass is 10.2. The van der Waals surface area contributed by atoms with E-state index < -0.39 is 26.8 Å². The van der Waals surface area contributed by atoms with Crippen LogP contribution in [0.4, 0.5) is 0 Å². The van der Waals surface area contributed by atoms with Crippen molar-refractivity contribution in [1.29, 1.82) is 0 Å². The van der Waals surface area contributed by atoms with Gasteiger partial charge in [-0.05, 0) is 25.1 Å². The van der Waals surface area contributed by atoms with Crippen LogP contribution in [0.15, 0.2) is 23.1 Å². The summed E-state index contributed by atoms with van der Waals surface area (Å²) in [4.78, 5) is 10.7. The Bertz CT molecular complexity index is 656. The van der Waals surface area contributed by atoms with Crippen molar-refractivity contribution in [3.05, 3.63) is 23.8 Å². The molecule has 1 aromatic carbocycles. The van der Waals surface area contributed by atoms with Crippen molar-refractivity contribution in [3.63, 3.8) is 0 Å². The molecule has 2 atom stereocenters. The number of ether oxygens (including phenoxy) is 1. The fourth-order valence-corrected chi connectivity index (χ4v) is 3.15. The van der Waals surface area contributed by atoms with Crippen molar-refractivity contribution in [3.8, 4) is 5.75 Å². The molecule has 0 bridgehead atoms. The van der Waals surface area contributed by atoms with Crippen molar-refractivity contribution in [1.82, 2.24) is 4.72 Å². The summed E-state index contributed by atoms with van der Waals surface area (Å²) in [7, 11) is -3.78. The van der Waals surface area contributed by atoms with Crippen molar-refractivity contribution >= 4 is 26.8 Å². The average Bonchev–Trinajstić information content (AvgIpc) is 2.43. The van der Waals surface area contributed by atoms with Gasteiger partial charge in [0.2, 0.25) is 10.0 Å². The van der Waals surface area contributed by atoms with E-state index in [9.17, 15) is 17.4 Å². The fraction of sp³-hybridized carbons (Fsp3) is 0.417. The first-order chi connectivity index (χ1) is 9.69. The molecule has 0 saturated carbocycles. The van der Waals surface area contributed by atoms with Crippen molar-refractivity contribution in [2.24, 2.45) is 0 Å². The molecular weight excluding hydrogens is 318 g/mol. The van der Waals surface area contributed by atoms with Gasteiger partial charge in [-0.15, -0.1) is 0 Å². The Balaban J connectivity index is 3.08. The van der Waals surface area contributed by atoms with Gasteiger partial charge < -0.3 is 9.84 Å². The highest BCUT2D eigenvalue weighted by molar-refractivity contribution is 7.89. The molecule has 21 heavy (non-hydrogen) atoms. The normalized spacial score (nSPS) is 14.4. The smallest absolute Gasteiger partial charge is 0.335 e. The molecule has 0 fully saturated rings. The highest BCUT2D eigenvalue weighted by atomic mass is 32.2. The number of carboxylic acids is 1. The van der Waals surface area contributed by atoms with Crippen molar-refractivity contribution in [2.75, 3.05) is 19.9 Å². The standard InChI is InChI=1S/C12H17NO6S2/c1-8(20(3)16)7-13-21(17,18)11-5-4-9(12(14)15)6-10(11)19-2/h4-6,8,13H,7H2,1-3H3,(H,14,15). The third kappa shape index (κ3) is 4.51. The third-order valence-electron chi connectivity index (χ3n) is 2.83. The number of nitrogens with one attached hydrogen (secondary N) is 1. The van der Waals surface area contributed by atoms with Crippen LogP contribution in [0.1, 0.15) is 17.3 Å². The Morgan fingerprint density at radius 3 is 2.57 bits per heavy atom. The number of sulfonamides is 1. The van der Waals surface area contributed by atoms with E-state index in [0.29, 0.717) is 0 Å². The molecule has 0 radical (unpaired) electrons. The van der Waals surface area contributed by atoms with Gasteiger partial charge in [0, 0.05) is 28.9 Å². The minimum absolute atomic E-state index is 0.00921. The van der Waals surface area contributed by atoms with Crippen molar-refractivity contribution in [2.45, 2.75) is 17.1 Å². The molecule has 118 valence electrons. The molecule has 0 saturated heterocycles. The summed E-state index contributed by atoms with van der Waals surface area (Å²) in [5, 5.41) is 8.54. The minimum Gasteiger partial charge on any atom is -0.495 e. The van der Waals surface area contributed by atoms with E-state index in [1.807, 2.05) is 0 Å². The fourth-order valence-electron chi connectivity index (χ4n) is 1.44. The predicted molar refractivity (Wildman–Crippen MR) is 78.7 cm³/mol. The first-order valence-electron chi connectivity index (χ1n) is 5.92. The van der Waals surface area contributed by atoms with Gasteiger partial charge in [-0.25, -0.2) is 17.9 Å². The number of aromatic carboxylic acids is 1. The Morgan fingerprint density at radius 1 is 1.48 bits per heavy atom. The monoisotopic (exact) mass is 335 g/mol. The zero-order valence-electron chi connectivity index (χ0n) is 11.8. The first kappa shape index (κ1) is 17.6. The van der Waals surface area contributed by atoms with Crippen LogP contribution >= 0.6 is 0 Å². The quantitative estimate of drug-likeness (QED) is 0.748. The first-order valence-corrected chi connectivity index (χ1v) is 9.02. The molecule has 0 amide bonds. The summed E-state index contributed by atoms with van der Waals surface area (Å²) in [5.74, 6) is -1.24. The number of rotatable bonds is 7. The van der Waals surface area contributed by atoms with Gasteiger partial charge in [-0.2, -0.15) is 0 Å². The third-order valence-corrected chi connectivity index (χ3v) is 5.59. The van der Waals surface area contributed by atoms with Gasteiger partial charge in [0.15, 0.2) is 0 Å². The largest absolute Gasteiger partial charge is 0.495 e. The molecule has 0 aliphatic carbocycles. The summed E-state index contributed by atoms with van der Waals surface area (Å²) in [6, 6.07) is 3.48. The van der Waals surface area contributed by atoms with Crippen LogP contribution in [-0.4, -0.2) is 48.9 Å².